The van der Waals surface area contributed by atoms with Crippen molar-refractivity contribution in [3.63, 3.8) is 0 Å². The summed E-state index contributed by atoms with van der Waals surface area (Å²) in [5.41, 5.74) is 3.64. The lowest BCUT2D eigenvalue weighted by Gasteiger charge is -2.14. The molecular weight excluding hydrogens is 274 g/mol. The van der Waals surface area contributed by atoms with E-state index in [1.54, 1.807) is 0 Å². The summed E-state index contributed by atoms with van der Waals surface area (Å²) in [5.74, 6) is -0.151. The van der Waals surface area contributed by atoms with E-state index in [4.69, 9.17) is 4.74 Å². The van der Waals surface area contributed by atoms with Crippen molar-refractivity contribution in [2.24, 2.45) is 0 Å². The molecule has 0 amide bonds. The number of rotatable bonds is 7. The second-order valence-electron chi connectivity index (χ2n) is 5.22. The number of carbonyl (C=O) groups is 1. The smallest absolute Gasteiger partial charge is 0.307 e. The van der Waals surface area contributed by atoms with Gasteiger partial charge in [-0.15, -0.1) is 0 Å². The van der Waals surface area contributed by atoms with Crippen LogP contribution in [0.1, 0.15) is 31.9 Å². The van der Waals surface area contributed by atoms with Crippen LogP contribution in [0.25, 0.3) is 11.1 Å². The van der Waals surface area contributed by atoms with Gasteiger partial charge in [-0.2, -0.15) is 0 Å². The molecule has 0 heterocycles. The van der Waals surface area contributed by atoms with Gasteiger partial charge in [0.15, 0.2) is 0 Å². The minimum atomic E-state index is -0.151. The van der Waals surface area contributed by atoms with Gasteiger partial charge in [-0.25, -0.2) is 0 Å². The van der Waals surface area contributed by atoms with Crippen LogP contribution in [0.2, 0.25) is 0 Å². The molecule has 0 bridgehead atoms. The Kier molecular flexibility index (Phi) is 6.16. The van der Waals surface area contributed by atoms with Crippen LogP contribution in [0.15, 0.2) is 54.6 Å². The maximum atomic E-state index is 11.3. The molecule has 0 fully saturated rings. The minimum Gasteiger partial charge on any atom is -0.466 e. The van der Waals surface area contributed by atoms with Gasteiger partial charge in [0.1, 0.15) is 0 Å². The summed E-state index contributed by atoms with van der Waals surface area (Å²) < 4.78 is 4.92. The van der Waals surface area contributed by atoms with Gasteiger partial charge in [-0.05, 0) is 30.5 Å². The maximum absolute atomic E-state index is 11.3. The van der Waals surface area contributed by atoms with Crippen molar-refractivity contribution in [2.75, 3.05) is 13.2 Å². The van der Waals surface area contributed by atoms with E-state index in [0.717, 1.165) is 0 Å². The number of esters is 1. The van der Waals surface area contributed by atoms with Crippen molar-refractivity contribution < 1.29 is 9.53 Å². The zero-order chi connectivity index (χ0) is 15.8. The first-order valence-corrected chi connectivity index (χ1v) is 7.75. The SMILES string of the molecule is CCOC(=O)CCNC(C)c1ccc(-c2ccccc2)cc1. The van der Waals surface area contributed by atoms with Crippen LogP contribution < -0.4 is 5.32 Å². The average molecular weight is 297 g/mol. The van der Waals surface area contributed by atoms with E-state index in [-0.39, 0.29) is 12.0 Å². The second-order valence-corrected chi connectivity index (χ2v) is 5.22. The summed E-state index contributed by atoms with van der Waals surface area (Å²) in [5, 5.41) is 3.35. The van der Waals surface area contributed by atoms with Gasteiger partial charge in [0, 0.05) is 12.6 Å². The van der Waals surface area contributed by atoms with E-state index in [2.05, 4.69) is 48.6 Å². The normalized spacial score (nSPS) is 11.9. The zero-order valence-corrected chi connectivity index (χ0v) is 13.2. The monoisotopic (exact) mass is 297 g/mol. The molecule has 3 heteroatoms. The van der Waals surface area contributed by atoms with Crippen LogP contribution in [-0.2, 0) is 9.53 Å². The van der Waals surface area contributed by atoms with E-state index < -0.39 is 0 Å². The highest BCUT2D eigenvalue weighted by Gasteiger charge is 2.07. The van der Waals surface area contributed by atoms with E-state index in [0.29, 0.717) is 19.6 Å². The van der Waals surface area contributed by atoms with Crippen LogP contribution in [0.3, 0.4) is 0 Å². The molecular formula is C19H23NO2. The predicted molar refractivity (Wildman–Crippen MR) is 89.5 cm³/mol. The third-order valence-corrected chi connectivity index (χ3v) is 3.60. The van der Waals surface area contributed by atoms with Crippen LogP contribution >= 0.6 is 0 Å². The summed E-state index contributed by atoms with van der Waals surface area (Å²) in [6.07, 6.45) is 0.403. The molecule has 0 aliphatic rings. The molecule has 22 heavy (non-hydrogen) atoms. The van der Waals surface area contributed by atoms with E-state index >= 15 is 0 Å². The lowest BCUT2D eigenvalue weighted by molar-refractivity contribution is -0.143. The fourth-order valence-electron chi connectivity index (χ4n) is 2.34. The van der Waals surface area contributed by atoms with Crippen LogP contribution in [0, 0.1) is 0 Å². The Morgan fingerprint density at radius 1 is 1.05 bits per heavy atom. The third kappa shape index (κ3) is 4.71. The summed E-state index contributed by atoms with van der Waals surface area (Å²) in [6, 6.07) is 19.1. The Hall–Kier alpha value is -2.13. The molecule has 2 aromatic rings. The van der Waals surface area contributed by atoms with Gasteiger partial charge in [0.2, 0.25) is 0 Å². The fourth-order valence-corrected chi connectivity index (χ4v) is 2.34. The molecule has 116 valence electrons. The molecule has 1 N–H and O–H groups in total. The molecule has 0 aliphatic carbocycles. The van der Waals surface area contributed by atoms with Crippen LogP contribution in [0.5, 0.6) is 0 Å². The Bertz CT molecular complexity index is 578. The number of carbonyl (C=O) groups excluding carboxylic acids is 1. The molecule has 0 saturated carbocycles. The topological polar surface area (TPSA) is 38.3 Å². The zero-order valence-electron chi connectivity index (χ0n) is 13.2. The molecule has 0 spiro atoms. The summed E-state index contributed by atoms with van der Waals surface area (Å²) in [7, 11) is 0. The molecule has 2 aromatic carbocycles. The molecule has 0 saturated heterocycles. The van der Waals surface area contributed by atoms with Gasteiger partial charge >= 0.3 is 5.97 Å². The number of benzene rings is 2. The largest absolute Gasteiger partial charge is 0.466 e. The van der Waals surface area contributed by atoms with Gasteiger partial charge in [-0.1, -0.05) is 54.6 Å². The lowest BCUT2D eigenvalue weighted by atomic mass is 10.0. The van der Waals surface area contributed by atoms with E-state index in [1.807, 2.05) is 25.1 Å². The molecule has 3 nitrogen and oxygen atoms in total. The first-order valence-electron chi connectivity index (χ1n) is 7.75. The van der Waals surface area contributed by atoms with Gasteiger partial charge in [0.25, 0.3) is 0 Å². The van der Waals surface area contributed by atoms with E-state index in [9.17, 15) is 4.79 Å². The van der Waals surface area contributed by atoms with Gasteiger partial charge in [-0.3, -0.25) is 4.79 Å². The molecule has 2 rings (SSSR count). The van der Waals surface area contributed by atoms with Crippen LogP contribution in [-0.4, -0.2) is 19.1 Å². The number of ether oxygens (including phenoxy) is 1. The van der Waals surface area contributed by atoms with Crippen molar-refractivity contribution in [1.29, 1.82) is 0 Å². The number of nitrogens with one attached hydrogen (secondary N) is 1. The molecule has 0 aromatic heterocycles. The predicted octanol–water partition coefficient (Wildman–Crippen LogP) is 3.96. The van der Waals surface area contributed by atoms with Crippen molar-refractivity contribution in [3.05, 3.63) is 60.2 Å². The van der Waals surface area contributed by atoms with Gasteiger partial charge < -0.3 is 10.1 Å². The maximum Gasteiger partial charge on any atom is 0.307 e. The van der Waals surface area contributed by atoms with Crippen molar-refractivity contribution in [2.45, 2.75) is 26.3 Å². The highest BCUT2D eigenvalue weighted by molar-refractivity contribution is 5.69. The Labute approximate surface area is 132 Å². The first kappa shape index (κ1) is 16.2. The molecule has 0 radical (unpaired) electrons. The summed E-state index contributed by atoms with van der Waals surface area (Å²) in [6.45, 7) is 4.99. The fraction of sp³-hybridized carbons (Fsp3) is 0.316. The van der Waals surface area contributed by atoms with Gasteiger partial charge in [0.05, 0.1) is 13.0 Å². The second kappa shape index (κ2) is 8.35. The summed E-state index contributed by atoms with van der Waals surface area (Å²) in [4.78, 5) is 11.3. The standard InChI is InChI=1S/C19H23NO2/c1-3-22-19(21)13-14-20-15(2)16-9-11-18(12-10-16)17-7-5-4-6-8-17/h4-12,15,20H,3,13-14H2,1-2H3. The Balaban J connectivity index is 1.88. The van der Waals surface area contributed by atoms with Crippen molar-refractivity contribution >= 4 is 5.97 Å². The highest BCUT2D eigenvalue weighted by Crippen LogP contribution is 2.21. The number of hydrogen-bond acceptors (Lipinski definition) is 3. The molecule has 1 unspecified atom stereocenters. The Morgan fingerprint density at radius 2 is 1.68 bits per heavy atom. The lowest BCUT2D eigenvalue weighted by Crippen LogP contribution is -2.22. The summed E-state index contributed by atoms with van der Waals surface area (Å²) >= 11 is 0. The minimum absolute atomic E-state index is 0.151. The average Bonchev–Trinajstić information content (AvgIpc) is 2.56. The Morgan fingerprint density at radius 3 is 2.32 bits per heavy atom. The van der Waals surface area contributed by atoms with Crippen LogP contribution in [0.4, 0.5) is 0 Å². The van der Waals surface area contributed by atoms with Crippen molar-refractivity contribution in [3.8, 4) is 11.1 Å². The third-order valence-electron chi connectivity index (χ3n) is 3.60. The molecule has 1 atom stereocenters. The quantitative estimate of drug-likeness (QED) is 0.786. The number of hydrogen-bond donors (Lipinski definition) is 1. The van der Waals surface area contributed by atoms with E-state index in [1.165, 1.54) is 16.7 Å². The highest BCUT2D eigenvalue weighted by atomic mass is 16.5. The van der Waals surface area contributed by atoms with Crippen molar-refractivity contribution in [1.82, 2.24) is 5.32 Å². The molecule has 0 aliphatic heterocycles. The first-order chi connectivity index (χ1) is 10.7.